The van der Waals surface area contributed by atoms with Gasteiger partial charge in [0.05, 0.1) is 36.2 Å². The summed E-state index contributed by atoms with van der Waals surface area (Å²) in [6.45, 7) is 0.940. The Bertz CT molecular complexity index is 1420. The van der Waals surface area contributed by atoms with Gasteiger partial charge < -0.3 is 15.2 Å². The van der Waals surface area contributed by atoms with Crippen molar-refractivity contribution >= 4 is 40.7 Å². The van der Waals surface area contributed by atoms with E-state index in [0.29, 0.717) is 11.4 Å². The van der Waals surface area contributed by atoms with Gasteiger partial charge in [0.1, 0.15) is 6.04 Å². The lowest BCUT2D eigenvalue weighted by Gasteiger charge is -2.31. The number of thiazole rings is 1. The molecule has 2 aromatic rings. The molecule has 4 heterocycles. The van der Waals surface area contributed by atoms with Crippen LogP contribution >= 0.6 is 22.9 Å². The molecular formula is C26H26ClF4N5O4S. The number of methoxy groups -OCH3 is 1. The highest BCUT2D eigenvalue weighted by molar-refractivity contribution is 7.11. The third-order valence-corrected chi connectivity index (χ3v) is 8.77. The molecule has 0 radical (unpaired) electrons. The van der Waals surface area contributed by atoms with E-state index in [2.05, 4.69) is 15.3 Å². The second-order valence-electron chi connectivity index (χ2n) is 10.2. The quantitative estimate of drug-likeness (QED) is 0.263. The molecule has 4 unspecified atom stereocenters. The summed E-state index contributed by atoms with van der Waals surface area (Å²) in [6.07, 6.45) is 1.89. The van der Waals surface area contributed by atoms with Crippen molar-refractivity contribution in [3.8, 4) is 0 Å². The van der Waals surface area contributed by atoms with E-state index < -0.39 is 65.1 Å². The Labute approximate surface area is 241 Å². The van der Waals surface area contributed by atoms with Gasteiger partial charge in [0, 0.05) is 48.5 Å². The average molecular weight is 616 g/mol. The number of hydrogen-bond acceptors (Lipinski definition) is 9. The van der Waals surface area contributed by atoms with Crippen LogP contribution in [0.15, 0.2) is 40.0 Å². The van der Waals surface area contributed by atoms with Crippen LogP contribution in [-0.2, 0) is 14.3 Å². The third kappa shape index (κ3) is 5.45. The number of likely N-dealkylation sites (tertiary alicyclic amines) is 2. The highest BCUT2D eigenvalue weighted by Gasteiger charge is 2.59. The van der Waals surface area contributed by atoms with E-state index >= 15 is 8.78 Å². The van der Waals surface area contributed by atoms with Gasteiger partial charge in [-0.05, 0) is 12.5 Å². The molecule has 3 aliphatic rings. The molecule has 4 atom stereocenters. The van der Waals surface area contributed by atoms with Crippen molar-refractivity contribution in [2.45, 2.75) is 37.4 Å². The van der Waals surface area contributed by atoms with Crippen molar-refractivity contribution in [2.75, 3.05) is 33.3 Å². The summed E-state index contributed by atoms with van der Waals surface area (Å²) in [6, 6.07) is -1.03. The van der Waals surface area contributed by atoms with Crippen molar-refractivity contribution in [1.29, 1.82) is 0 Å². The number of carboxylic acid groups (broad SMARTS) is 1. The van der Waals surface area contributed by atoms with Crippen molar-refractivity contribution in [2.24, 2.45) is 10.9 Å². The van der Waals surface area contributed by atoms with E-state index in [0.717, 1.165) is 13.2 Å². The third-order valence-electron chi connectivity index (χ3n) is 7.60. The fourth-order valence-electron chi connectivity index (χ4n) is 5.76. The van der Waals surface area contributed by atoms with Gasteiger partial charge in [-0.2, -0.15) is 0 Å². The normalized spacial score (nSPS) is 25.0. The molecule has 2 saturated heterocycles. The standard InChI is InChI=1S/C26H26ClF4N5O4S/c1-12(24(37)38)9-35-7-5-16-21(35)26(30,31)11-36(16)10-15-17(25(39)40-2)20(13-3-4-14(28)19(29)18(13)27)34-22(33-15)23-32-6-8-41-23/h3-4,6,8,12,16,20-21H,5,7,9-11H2,1-2H3,(H,33,34)(H,37,38). The molecule has 1 aromatic heterocycles. The predicted molar refractivity (Wildman–Crippen MR) is 142 cm³/mol. The van der Waals surface area contributed by atoms with Crippen LogP contribution in [0.2, 0.25) is 5.02 Å². The molecule has 0 amide bonds. The van der Waals surface area contributed by atoms with Gasteiger partial charge in [-0.15, -0.1) is 11.3 Å². The van der Waals surface area contributed by atoms with Crippen LogP contribution in [0.1, 0.15) is 30.0 Å². The molecule has 9 nitrogen and oxygen atoms in total. The molecule has 220 valence electrons. The Hall–Kier alpha value is -3.07. The summed E-state index contributed by atoms with van der Waals surface area (Å²) in [5.41, 5.74) is 0.0665. The number of carbonyl (C=O) groups excluding carboxylic acids is 1. The zero-order valence-electron chi connectivity index (χ0n) is 21.9. The Kier molecular flexibility index (Phi) is 8.12. The van der Waals surface area contributed by atoms with Crippen molar-refractivity contribution in [3.05, 3.63) is 62.2 Å². The predicted octanol–water partition coefficient (Wildman–Crippen LogP) is 3.71. The van der Waals surface area contributed by atoms with E-state index in [4.69, 9.17) is 16.3 Å². The lowest BCUT2D eigenvalue weighted by Crippen LogP contribution is -2.47. The number of aliphatic carboxylic acids is 1. The molecule has 0 saturated carbocycles. The molecule has 0 spiro atoms. The summed E-state index contributed by atoms with van der Waals surface area (Å²) < 4.78 is 64.3. The first-order chi connectivity index (χ1) is 19.4. The number of alkyl halides is 2. The number of aromatic nitrogens is 1. The number of amidine groups is 1. The van der Waals surface area contributed by atoms with Gasteiger partial charge in [0.2, 0.25) is 0 Å². The lowest BCUT2D eigenvalue weighted by molar-refractivity contribution is -0.142. The number of carboxylic acids is 1. The number of halogens is 5. The molecule has 0 aliphatic carbocycles. The molecule has 2 fully saturated rings. The van der Waals surface area contributed by atoms with Crippen molar-refractivity contribution in [3.63, 3.8) is 0 Å². The van der Waals surface area contributed by atoms with Crippen molar-refractivity contribution in [1.82, 2.24) is 20.1 Å². The summed E-state index contributed by atoms with van der Waals surface area (Å²) in [4.78, 5) is 36.4. The first kappa shape index (κ1) is 29.4. The number of aliphatic imine (C=N–C) groups is 1. The molecule has 15 heteroatoms. The summed E-state index contributed by atoms with van der Waals surface area (Å²) in [5.74, 6) is -8.22. The van der Waals surface area contributed by atoms with E-state index in [9.17, 15) is 23.5 Å². The Morgan fingerprint density at radius 3 is 2.73 bits per heavy atom. The largest absolute Gasteiger partial charge is 0.481 e. The zero-order chi connectivity index (χ0) is 29.6. The minimum Gasteiger partial charge on any atom is -0.481 e. The molecule has 2 N–H and O–H groups in total. The number of fused-ring (bicyclic) bond motifs is 1. The monoisotopic (exact) mass is 615 g/mol. The maximum Gasteiger partial charge on any atom is 0.338 e. The van der Waals surface area contributed by atoms with Crippen LogP contribution in [0, 0.1) is 17.6 Å². The lowest BCUT2D eigenvalue weighted by atomic mass is 9.95. The van der Waals surface area contributed by atoms with Crippen molar-refractivity contribution < 1.29 is 37.0 Å². The number of benzene rings is 1. The molecule has 3 aliphatic heterocycles. The Morgan fingerprint density at radius 2 is 2.07 bits per heavy atom. The van der Waals surface area contributed by atoms with Gasteiger partial charge in [-0.1, -0.05) is 24.6 Å². The summed E-state index contributed by atoms with van der Waals surface area (Å²) in [7, 11) is 1.13. The van der Waals surface area contributed by atoms with Crippen LogP contribution < -0.4 is 5.32 Å². The second-order valence-corrected chi connectivity index (χ2v) is 11.5. The average Bonchev–Trinajstić information content (AvgIpc) is 3.66. The molecule has 0 bridgehead atoms. The minimum absolute atomic E-state index is 0.0154. The van der Waals surface area contributed by atoms with E-state index in [-0.39, 0.29) is 42.3 Å². The number of hydrogen-bond donors (Lipinski definition) is 2. The summed E-state index contributed by atoms with van der Waals surface area (Å²) >= 11 is 7.40. The summed E-state index contributed by atoms with van der Waals surface area (Å²) in [5, 5.41) is 13.9. The van der Waals surface area contributed by atoms with Gasteiger partial charge in [-0.3, -0.25) is 19.6 Å². The van der Waals surface area contributed by atoms with Crippen LogP contribution in [0.25, 0.3) is 0 Å². The van der Waals surface area contributed by atoms with E-state index in [1.54, 1.807) is 5.38 Å². The van der Waals surface area contributed by atoms with Gasteiger partial charge in [0.15, 0.2) is 22.5 Å². The van der Waals surface area contributed by atoms with E-state index in [1.807, 2.05) is 0 Å². The van der Waals surface area contributed by atoms with Crippen LogP contribution in [0.5, 0.6) is 0 Å². The second kappa shape index (κ2) is 11.3. The fourth-order valence-corrected chi connectivity index (χ4v) is 6.60. The smallest absolute Gasteiger partial charge is 0.338 e. The number of nitrogens with one attached hydrogen (secondary N) is 1. The highest BCUT2D eigenvalue weighted by atomic mass is 35.5. The maximum atomic E-state index is 15.4. The first-order valence-corrected chi connectivity index (χ1v) is 14.0. The highest BCUT2D eigenvalue weighted by Crippen LogP contribution is 2.43. The van der Waals surface area contributed by atoms with E-state index in [1.165, 1.54) is 40.3 Å². The van der Waals surface area contributed by atoms with Crippen LogP contribution in [0.4, 0.5) is 17.6 Å². The van der Waals surface area contributed by atoms with Crippen LogP contribution in [-0.4, -0.2) is 89.0 Å². The molecule has 1 aromatic carbocycles. The molecule has 41 heavy (non-hydrogen) atoms. The van der Waals surface area contributed by atoms with Gasteiger partial charge >= 0.3 is 11.9 Å². The van der Waals surface area contributed by atoms with Gasteiger partial charge in [-0.25, -0.2) is 27.3 Å². The molecular weight excluding hydrogens is 590 g/mol. The minimum atomic E-state index is -3.16. The number of carbonyl (C=O) groups is 2. The number of rotatable bonds is 8. The number of nitrogens with zero attached hydrogens (tertiary/aromatic N) is 4. The first-order valence-electron chi connectivity index (χ1n) is 12.7. The number of ether oxygens (including phenoxy) is 1. The fraction of sp³-hybridized carbons (Fsp3) is 0.462. The van der Waals surface area contributed by atoms with Gasteiger partial charge in [0.25, 0.3) is 5.92 Å². The topological polar surface area (TPSA) is 107 Å². The SMILES string of the molecule is COC(=O)C1=C(CN2CC(F)(F)C3C2CCN3CC(C)C(=O)O)NC(c2nccs2)=NC1c1ccc(F)c(F)c1Cl. The zero-order valence-corrected chi connectivity index (χ0v) is 23.5. The number of esters is 1. The Morgan fingerprint density at radius 1 is 1.32 bits per heavy atom. The van der Waals surface area contributed by atoms with Crippen LogP contribution in [0.3, 0.4) is 0 Å². The maximum absolute atomic E-state index is 15.4. The Balaban J connectivity index is 1.55. The molecule has 5 rings (SSSR count).